The van der Waals surface area contributed by atoms with Crippen molar-refractivity contribution in [3.63, 3.8) is 0 Å². The van der Waals surface area contributed by atoms with Gasteiger partial charge in [0, 0.05) is 10.5 Å². The molecule has 2 aromatic carbocycles. The number of thioether (sulfide) groups is 1. The van der Waals surface area contributed by atoms with Crippen LogP contribution in [0.15, 0.2) is 58.6 Å². The number of benzene rings is 2. The van der Waals surface area contributed by atoms with Crippen LogP contribution in [0.3, 0.4) is 0 Å². The SMILES string of the molecule is CSc1ccccc1C(=O)O/N=C(/N)c1cccc(C)c1. The Balaban J connectivity index is 2.15. The average Bonchev–Trinajstić information content (AvgIpc) is 2.52. The van der Waals surface area contributed by atoms with Crippen molar-refractivity contribution in [3.05, 3.63) is 65.2 Å². The van der Waals surface area contributed by atoms with E-state index in [9.17, 15) is 4.79 Å². The maximum Gasteiger partial charge on any atom is 0.366 e. The summed E-state index contributed by atoms with van der Waals surface area (Å²) in [6.07, 6.45) is 1.90. The predicted octanol–water partition coefficient (Wildman–Crippen LogP) is 3.19. The van der Waals surface area contributed by atoms with Gasteiger partial charge in [-0.05, 0) is 31.4 Å². The molecule has 4 nitrogen and oxygen atoms in total. The van der Waals surface area contributed by atoms with Gasteiger partial charge in [0.2, 0.25) is 0 Å². The van der Waals surface area contributed by atoms with Crippen LogP contribution >= 0.6 is 11.8 Å². The quantitative estimate of drug-likeness (QED) is 0.310. The zero-order chi connectivity index (χ0) is 15.2. The van der Waals surface area contributed by atoms with Gasteiger partial charge >= 0.3 is 5.97 Å². The summed E-state index contributed by atoms with van der Waals surface area (Å²) in [6, 6.07) is 14.7. The largest absolute Gasteiger partial charge is 0.380 e. The zero-order valence-corrected chi connectivity index (χ0v) is 12.7. The normalized spacial score (nSPS) is 11.2. The minimum Gasteiger partial charge on any atom is -0.380 e. The van der Waals surface area contributed by atoms with E-state index in [-0.39, 0.29) is 5.84 Å². The van der Waals surface area contributed by atoms with Crippen LogP contribution in [0.5, 0.6) is 0 Å². The van der Waals surface area contributed by atoms with Crippen molar-refractivity contribution in [2.75, 3.05) is 6.26 Å². The summed E-state index contributed by atoms with van der Waals surface area (Å²) < 4.78 is 0. The van der Waals surface area contributed by atoms with Crippen LogP contribution in [0.4, 0.5) is 0 Å². The summed E-state index contributed by atoms with van der Waals surface area (Å²) in [5.74, 6) is -0.343. The summed E-state index contributed by atoms with van der Waals surface area (Å²) in [4.78, 5) is 17.8. The van der Waals surface area contributed by atoms with Crippen LogP contribution in [0, 0.1) is 6.92 Å². The molecule has 0 saturated carbocycles. The van der Waals surface area contributed by atoms with Gasteiger partial charge in [0.25, 0.3) is 0 Å². The molecule has 5 heteroatoms. The maximum absolute atomic E-state index is 12.0. The van der Waals surface area contributed by atoms with Crippen LogP contribution in [0.25, 0.3) is 0 Å². The van der Waals surface area contributed by atoms with Crippen molar-refractivity contribution < 1.29 is 9.63 Å². The third kappa shape index (κ3) is 3.86. The second-order valence-corrected chi connectivity index (χ2v) is 5.27. The molecule has 2 N–H and O–H groups in total. The van der Waals surface area contributed by atoms with Gasteiger partial charge in [0.05, 0.1) is 5.56 Å². The third-order valence-corrected chi connectivity index (χ3v) is 3.66. The maximum atomic E-state index is 12.0. The molecule has 0 aliphatic carbocycles. The molecule has 0 aromatic heterocycles. The minimum atomic E-state index is -0.518. The predicted molar refractivity (Wildman–Crippen MR) is 85.5 cm³/mol. The number of hydrogen-bond acceptors (Lipinski definition) is 4. The summed E-state index contributed by atoms with van der Waals surface area (Å²) in [6.45, 7) is 1.96. The molecule has 0 radical (unpaired) electrons. The summed E-state index contributed by atoms with van der Waals surface area (Å²) in [5, 5.41) is 3.72. The molecule has 0 aliphatic heterocycles. The van der Waals surface area contributed by atoms with Crippen LogP contribution in [-0.2, 0) is 4.84 Å². The highest BCUT2D eigenvalue weighted by atomic mass is 32.2. The summed E-state index contributed by atoms with van der Waals surface area (Å²) in [7, 11) is 0. The van der Waals surface area contributed by atoms with Crippen molar-refractivity contribution in [1.82, 2.24) is 0 Å². The molecule has 0 aliphatic rings. The minimum absolute atomic E-state index is 0.175. The van der Waals surface area contributed by atoms with Crippen molar-refractivity contribution in [2.45, 2.75) is 11.8 Å². The van der Waals surface area contributed by atoms with Crippen molar-refractivity contribution in [2.24, 2.45) is 10.9 Å². The van der Waals surface area contributed by atoms with Gasteiger partial charge < -0.3 is 10.6 Å². The molecule has 0 bridgehead atoms. The lowest BCUT2D eigenvalue weighted by molar-refractivity contribution is 0.0512. The monoisotopic (exact) mass is 300 g/mol. The van der Waals surface area contributed by atoms with Crippen LogP contribution < -0.4 is 5.73 Å². The van der Waals surface area contributed by atoms with Gasteiger partial charge in [0.1, 0.15) is 0 Å². The Hall–Kier alpha value is -2.27. The van der Waals surface area contributed by atoms with Crippen molar-refractivity contribution >= 4 is 23.6 Å². The Morgan fingerprint density at radius 1 is 1.19 bits per heavy atom. The Morgan fingerprint density at radius 2 is 1.95 bits per heavy atom. The fourth-order valence-electron chi connectivity index (χ4n) is 1.81. The van der Waals surface area contributed by atoms with Gasteiger partial charge in [-0.1, -0.05) is 41.1 Å². The summed E-state index contributed by atoms with van der Waals surface area (Å²) >= 11 is 1.48. The Morgan fingerprint density at radius 3 is 2.67 bits per heavy atom. The van der Waals surface area contributed by atoms with Crippen LogP contribution in [0.2, 0.25) is 0 Å². The number of nitrogens with zero attached hydrogens (tertiary/aromatic N) is 1. The molecular formula is C16H16N2O2S. The molecule has 0 fully saturated rings. The first kappa shape index (κ1) is 15.1. The first-order valence-corrected chi connectivity index (χ1v) is 7.59. The zero-order valence-electron chi connectivity index (χ0n) is 11.9. The van der Waals surface area contributed by atoms with E-state index in [4.69, 9.17) is 10.6 Å². The molecule has 108 valence electrons. The molecule has 0 unspecified atom stereocenters. The first-order valence-electron chi connectivity index (χ1n) is 6.36. The number of carbonyl (C=O) groups excluding carboxylic acids is 1. The lowest BCUT2D eigenvalue weighted by atomic mass is 10.1. The molecule has 0 heterocycles. The highest BCUT2D eigenvalue weighted by molar-refractivity contribution is 7.98. The Kier molecular flexibility index (Phi) is 5.00. The average molecular weight is 300 g/mol. The van der Waals surface area contributed by atoms with E-state index in [0.717, 1.165) is 16.0 Å². The van der Waals surface area contributed by atoms with Gasteiger partial charge in [0.15, 0.2) is 5.84 Å². The third-order valence-electron chi connectivity index (χ3n) is 2.87. The smallest absolute Gasteiger partial charge is 0.366 e. The number of carbonyl (C=O) groups is 1. The summed E-state index contributed by atoms with van der Waals surface area (Å²) in [5.41, 5.74) is 8.09. The van der Waals surface area contributed by atoms with E-state index < -0.39 is 5.97 Å². The molecule has 0 spiro atoms. The highest BCUT2D eigenvalue weighted by Crippen LogP contribution is 2.20. The molecule has 2 aromatic rings. The van der Waals surface area contributed by atoms with Crippen molar-refractivity contribution in [3.8, 4) is 0 Å². The second kappa shape index (κ2) is 6.95. The fourth-order valence-corrected chi connectivity index (χ4v) is 2.40. The number of hydrogen-bond donors (Lipinski definition) is 1. The molecule has 2 rings (SSSR count). The van der Waals surface area contributed by atoms with E-state index in [0.29, 0.717) is 5.56 Å². The number of amidine groups is 1. The van der Waals surface area contributed by atoms with Crippen LogP contribution in [0.1, 0.15) is 21.5 Å². The number of nitrogens with two attached hydrogens (primary N) is 1. The van der Waals surface area contributed by atoms with Crippen molar-refractivity contribution in [1.29, 1.82) is 0 Å². The second-order valence-electron chi connectivity index (χ2n) is 4.43. The molecule has 0 saturated heterocycles. The molecule has 0 amide bonds. The molecule has 21 heavy (non-hydrogen) atoms. The van der Waals surface area contributed by atoms with Gasteiger partial charge in [-0.2, -0.15) is 0 Å². The van der Waals surface area contributed by atoms with Gasteiger partial charge in [-0.3, -0.25) is 0 Å². The standard InChI is InChI=1S/C16H16N2O2S/c1-11-6-5-7-12(10-11)15(17)18-20-16(19)13-8-3-4-9-14(13)21-2/h3-10H,1-2H3,(H2,17,18). The number of oxime groups is 1. The lowest BCUT2D eigenvalue weighted by Gasteiger charge is -2.05. The van der Waals surface area contributed by atoms with Gasteiger partial charge in [-0.15, -0.1) is 11.8 Å². The highest BCUT2D eigenvalue weighted by Gasteiger charge is 2.12. The number of rotatable bonds is 4. The first-order chi connectivity index (χ1) is 10.1. The Labute approximate surface area is 128 Å². The van der Waals surface area contributed by atoms with Gasteiger partial charge in [-0.25, -0.2) is 4.79 Å². The molecular weight excluding hydrogens is 284 g/mol. The number of aryl methyl sites for hydroxylation is 1. The molecule has 0 atom stereocenters. The van der Waals surface area contributed by atoms with Crippen LogP contribution in [-0.4, -0.2) is 18.1 Å². The van der Waals surface area contributed by atoms with E-state index in [2.05, 4.69) is 5.16 Å². The van der Waals surface area contributed by atoms with E-state index in [1.807, 2.05) is 49.6 Å². The van der Waals surface area contributed by atoms with E-state index in [1.54, 1.807) is 12.1 Å². The fraction of sp³-hybridized carbons (Fsp3) is 0.125. The van der Waals surface area contributed by atoms with E-state index in [1.165, 1.54) is 11.8 Å². The lowest BCUT2D eigenvalue weighted by Crippen LogP contribution is -2.15. The topological polar surface area (TPSA) is 64.7 Å². The Bertz CT molecular complexity index is 683. The van der Waals surface area contributed by atoms with E-state index >= 15 is 0 Å².